The lowest BCUT2D eigenvalue weighted by Gasteiger charge is -2.31. The quantitative estimate of drug-likeness (QED) is 0.777. The second kappa shape index (κ2) is 6.12. The van der Waals surface area contributed by atoms with E-state index in [1.54, 1.807) is 0 Å². The van der Waals surface area contributed by atoms with Crippen LogP contribution in [0.3, 0.4) is 0 Å². The normalized spacial score (nSPS) is 12.9. The highest BCUT2D eigenvalue weighted by Gasteiger charge is 2.14. The Balaban J connectivity index is 2.95. The smallest absolute Gasteiger partial charge is 0.0386 e. The van der Waals surface area contributed by atoms with Crippen molar-refractivity contribution < 1.29 is 0 Å². The first-order chi connectivity index (χ1) is 8.34. The van der Waals surface area contributed by atoms with Gasteiger partial charge in [0.2, 0.25) is 0 Å². The van der Waals surface area contributed by atoms with Gasteiger partial charge in [-0.2, -0.15) is 0 Å². The summed E-state index contributed by atoms with van der Waals surface area (Å²) in [5, 5.41) is 0. The van der Waals surface area contributed by atoms with Crippen LogP contribution in [0.2, 0.25) is 0 Å². The molecule has 1 atom stereocenters. The Labute approximate surface area is 113 Å². The maximum absolute atomic E-state index is 2.36. The molecule has 0 amide bonds. The molecule has 1 unspecified atom stereocenters. The van der Waals surface area contributed by atoms with Gasteiger partial charge in [-0.05, 0) is 44.9 Å². The van der Waals surface area contributed by atoms with Gasteiger partial charge in [-0.25, -0.2) is 0 Å². The number of hydrogen-bond donors (Lipinski definition) is 0. The molecular weight excluding hydrogens is 220 g/mol. The van der Waals surface area contributed by atoms with Crippen molar-refractivity contribution >= 4 is 11.4 Å². The SMILES string of the molecule is CC(C)C(C)N(C)c1cccc(N(C)C(C)C)c1. The summed E-state index contributed by atoms with van der Waals surface area (Å²) in [7, 11) is 4.33. The Hall–Kier alpha value is -1.18. The van der Waals surface area contributed by atoms with E-state index >= 15 is 0 Å². The van der Waals surface area contributed by atoms with Crippen LogP contribution in [0, 0.1) is 5.92 Å². The van der Waals surface area contributed by atoms with Crippen molar-refractivity contribution in [3.8, 4) is 0 Å². The molecule has 0 aromatic heterocycles. The molecule has 0 saturated heterocycles. The lowest BCUT2D eigenvalue weighted by atomic mass is 10.0. The first kappa shape index (κ1) is 14.9. The molecule has 18 heavy (non-hydrogen) atoms. The molecule has 0 spiro atoms. The van der Waals surface area contributed by atoms with Crippen molar-refractivity contribution in [1.82, 2.24) is 0 Å². The van der Waals surface area contributed by atoms with Crippen LogP contribution in [0.25, 0.3) is 0 Å². The molecule has 0 bridgehead atoms. The number of benzene rings is 1. The average Bonchev–Trinajstić information content (AvgIpc) is 2.35. The van der Waals surface area contributed by atoms with Gasteiger partial charge in [0.25, 0.3) is 0 Å². The van der Waals surface area contributed by atoms with Crippen LogP contribution in [-0.4, -0.2) is 26.2 Å². The first-order valence-corrected chi connectivity index (χ1v) is 6.90. The van der Waals surface area contributed by atoms with E-state index in [0.717, 1.165) is 0 Å². The van der Waals surface area contributed by atoms with Crippen molar-refractivity contribution in [2.75, 3.05) is 23.9 Å². The minimum Gasteiger partial charge on any atom is -0.372 e. The van der Waals surface area contributed by atoms with Crippen molar-refractivity contribution in [2.24, 2.45) is 5.92 Å². The second-order valence-electron chi connectivity index (χ2n) is 5.82. The number of anilines is 2. The van der Waals surface area contributed by atoms with Crippen LogP contribution < -0.4 is 9.80 Å². The molecule has 0 heterocycles. The fraction of sp³-hybridized carbons (Fsp3) is 0.625. The predicted molar refractivity (Wildman–Crippen MR) is 82.7 cm³/mol. The third kappa shape index (κ3) is 3.41. The third-order valence-corrected chi connectivity index (χ3v) is 3.99. The van der Waals surface area contributed by atoms with Crippen molar-refractivity contribution in [3.05, 3.63) is 24.3 Å². The minimum absolute atomic E-state index is 0.521. The van der Waals surface area contributed by atoms with Crippen molar-refractivity contribution in [3.63, 3.8) is 0 Å². The van der Waals surface area contributed by atoms with Crippen LogP contribution >= 0.6 is 0 Å². The van der Waals surface area contributed by atoms with E-state index in [2.05, 4.69) is 82.8 Å². The molecule has 0 aliphatic carbocycles. The highest BCUT2D eigenvalue weighted by molar-refractivity contribution is 5.59. The Kier molecular flexibility index (Phi) is 5.06. The van der Waals surface area contributed by atoms with E-state index in [4.69, 9.17) is 0 Å². The van der Waals surface area contributed by atoms with Crippen LogP contribution in [0.4, 0.5) is 11.4 Å². The lowest BCUT2D eigenvalue weighted by molar-refractivity contribution is 0.505. The largest absolute Gasteiger partial charge is 0.372 e. The molecule has 0 saturated carbocycles. The highest BCUT2D eigenvalue weighted by Crippen LogP contribution is 2.25. The zero-order valence-electron chi connectivity index (χ0n) is 12.9. The summed E-state index contributed by atoms with van der Waals surface area (Å²) < 4.78 is 0. The molecule has 2 nitrogen and oxygen atoms in total. The molecule has 102 valence electrons. The van der Waals surface area contributed by atoms with Crippen molar-refractivity contribution in [2.45, 2.75) is 46.7 Å². The fourth-order valence-corrected chi connectivity index (χ4v) is 1.91. The van der Waals surface area contributed by atoms with E-state index in [1.807, 2.05) is 0 Å². The monoisotopic (exact) mass is 248 g/mol. The van der Waals surface area contributed by atoms with E-state index < -0.39 is 0 Å². The Morgan fingerprint density at radius 2 is 1.33 bits per heavy atom. The summed E-state index contributed by atoms with van der Waals surface area (Å²) in [6, 6.07) is 9.86. The first-order valence-electron chi connectivity index (χ1n) is 6.90. The molecule has 0 fully saturated rings. The number of hydrogen-bond acceptors (Lipinski definition) is 2. The van der Waals surface area contributed by atoms with Gasteiger partial charge in [-0.1, -0.05) is 19.9 Å². The molecule has 0 aliphatic rings. The van der Waals surface area contributed by atoms with E-state index in [9.17, 15) is 0 Å². The van der Waals surface area contributed by atoms with Crippen LogP contribution in [0.1, 0.15) is 34.6 Å². The van der Waals surface area contributed by atoms with Gasteiger partial charge in [0, 0.05) is 37.6 Å². The van der Waals surface area contributed by atoms with Crippen LogP contribution in [0.15, 0.2) is 24.3 Å². The maximum atomic E-state index is 2.36. The highest BCUT2D eigenvalue weighted by atomic mass is 15.1. The summed E-state index contributed by atoms with van der Waals surface area (Å²) in [5.41, 5.74) is 2.58. The molecule has 1 rings (SSSR count). The van der Waals surface area contributed by atoms with Gasteiger partial charge in [-0.15, -0.1) is 0 Å². The van der Waals surface area contributed by atoms with E-state index in [-0.39, 0.29) is 0 Å². The molecule has 0 N–H and O–H groups in total. The summed E-state index contributed by atoms with van der Waals surface area (Å²) in [6.07, 6.45) is 0. The number of rotatable bonds is 5. The molecule has 2 heteroatoms. The zero-order chi connectivity index (χ0) is 13.9. The molecule has 1 aromatic rings. The second-order valence-corrected chi connectivity index (χ2v) is 5.82. The van der Waals surface area contributed by atoms with Crippen LogP contribution in [0.5, 0.6) is 0 Å². The van der Waals surface area contributed by atoms with Gasteiger partial charge in [0.15, 0.2) is 0 Å². The maximum Gasteiger partial charge on any atom is 0.0386 e. The van der Waals surface area contributed by atoms with Gasteiger partial charge in [0.05, 0.1) is 0 Å². The standard InChI is InChI=1S/C16H28N2/c1-12(2)14(5)18(7)16-10-8-9-15(11-16)17(6)13(3)4/h8-14H,1-7H3. The van der Waals surface area contributed by atoms with Crippen molar-refractivity contribution in [1.29, 1.82) is 0 Å². The fourth-order valence-electron chi connectivity index (χ4n) is 1.91. The molecule has 0 aliphatic heterocycles. The molecule has 1 aromatic carbocycles. The lowest BCUT2D eigenvalue weighted by Crippen LogP contribution is -2.33. The number of nitrogens with zero attached hydrogens (tertiary/aromatic N) is 2. The molecule has 0 radical (unpaired) electrons. The summed E-state index contributed by atoms with van der Waals surface area (Å²) >= 11 is 0. The van der Waals surface area contributed by atoms with Gasteiger partial charge in [0.1, 0.15) is 0 Å². The summed E-state index contributed by atoms with van der Waals surface area (Å²) in [5.74, 6) is 0.654. The Morgan fingerprint density at radius 1 is 0.833 bits per heavy atom. The van der Waals surface area contributed by atoms with Gasteiger partial charge < -0.3 is 9.80 Å². The zero-order valence-corrected chi connectivity index (χ0v) is 12.9. The van der Waals surface area contributed by atoms with E-state index in [1.165, 1.54) is 11.4 Å². The Bertz CT molecular complexity index is 371. The van der Waals surface area contributed by atoms with E-state index in [0.29, 0.717) is 18.0 Å². The predicted octanol–water partition coefficient (Wildman–Crippen LogP) is 4.01. The average molecular weight is 248 g/mol. The summed E-state index contributed by atoms with van der Waals surface area (Å²) in [6.45, 7) is 11.3. The molecular formula is C16H28N2. The topological polar surface area (TPSA) is 6.48 Å². The van der Waals surface area contributed by atoms with Gasteiger partial charge >= 0.3 is 0 Å². The summed E-state index contributed by atoms with van der Waals surface area (Å²) in [4.78, 5) is 4.67. The van der Waals surface area contributed by atoms with Gasteiger partial charge in [-0.3, -0.25) is 0 Å². The minimum atomic E-state index is 0.521. The van der Waals surface area contributed by atoms with Crippen LogP contribution in [-0.2, 0) is 0 Å². The Morgan fingerprint density at radius 3 is 1.78 bits per heavy atom. The third-order valence-electron chi connectivity index (χ3n) is 3.99.